The van der Waals surface area contributed by atoms with Crippen molar-refractivity contribution in [1.29, 1.82) is 0 Å². The molecule has 0 heterocycles. The number of anilines is 1. The molecule has 0 fully saturated rings. The number of nitrogens with zero attached hydrogens (tertiary/aromatic N) is 1. The van der Waals surface area contributed by atoms with Crippen LogP contribution in [0.5, 0.6) is 0 Å². The van der Waals surface area contributed by atoms with Gasteiger partial charge in [-0.15, -0.1) is 0 Å². The van der Waals surface area contributed by atoms with Crippen molar-refractivity contribution in [1.82, 2.24) is 0 Å². The van der Waals surface area contributed by atoms with E-state index >= 15 is 0 Å². The molecule has 2 aromatic carbocycles. The predicted molar refractivity (Wildman–Crippen MR) is 89.5 cm³/mol. The first kappa shape index (κ1) is 22.3. The van der Waals surface area contributed by atoms with Gasteiger partial charge < -0.3 is 16.4 Å². The molecule has 0 spiro atoms. The van der Waals surface area contributed by atoms with Crippen LogP contribution in [-0.2, 0) is 0 Å². The summed E-state index contributed by atoms with van der Waals surface area (Å²) >= 11 is 4.26. The molecule has 2 rings (SSSR count). The summed E-state index contributed by atoms with van der Waals surface area (Å²) < 4.78 is 2.32. The van der Waals surface area contributed by atoms with Crippen LogP contribution in [0.3, 0.4) is 0 Å². The number of hydrogen-bond donors (Lipinski definition) is 0. The van der Waals surface area contributed by atoms with Crippen LogP contribution in [0.2, 0.25) is 0 Å². The standard InChI is InChI=1S/C14H11GeINO.3H2O/c1-17(13-8-4-11(15)5-9-13)14(18)10-2-6-12(16)7-3-10;;;/h2-9H,1H3;3*1H2/q+3;;;/p-3. The number of hydrogen-bond acceptors (Lipinski definition) is 4. The Bertz CT molecular complexity index is 560. The van der Waals surface area contributed by atoms with Gasteiger partial charge >= 0.3 is 130 Å². The Labute approximate surface area is 145 Å². The van der Waals surface area contributed by atoms with Gasteiger partial charge in [-0.05, 0) is 0 Å². The molecule has 0 aliphatic carbocycles. The van der Waals surface area contributed by atoms with Crippen molar-refractivity contribution in [2.45, 2.75) is 0 Å². The molecule has 0 unspecified atom stereocenters. The van der Waals surface area contributed by atoms with E-state index in [0.29, 0.717) is 5.56 Å². The van der Waals surface area contributed by atoms with Crippen LogP contribution in [0, 0.1) is 3.57 Å². The topological polar surface area (TPSA) is 110 Å². The molecule has 110 valence electrons. The zero-order valence-corrected chi connectivity index (χ0v) is 15.4. The minimum absolute atomic E-state index is 0. The van der Waals surface area contributed by atoms with Crippen LogP contribution in [-0.4, -0.2) is 45.9 Å². The van der Waals surface area contributed by atoms with Gasteiger partial charge in [0.15, 0.2) is 0 Å². The molecule has 0 aliphatic rings. The Morgan fingerprint density at radius 2 is 1.43 bits per heavy atom. The van der Waals surface area contributed by atoms with Crippen LogP contribution >= 0.6 is 22.6 Å². The van der Waals surface area contributed by atoms with E-state index in [4.69, 9.17) is 0 Å². The Balaban J connectivity index is 0. The minimum atomic E-state index is 0. The maximum Gasteiger partial charge on any atom is -0.870 e. The zero-order chi connectivity index (χ0) is 13.1. The van der Waals surface area contributed by atoms with Crippen LogP contribution in [0.4, 0.5) is 5.69 Å². The largest absolute Gasteiger partial charge is 0.870 e. The van der Waals surface area contributed by atoms with Gasteiger partial charge in [-0.3, -0.25) is 0 Å². The molecule has 2 aromatic rings. The number of amides is 1. The molecule has 3 N–H and O–H groups in total. The Kier molecular flexibility index (Phi) is 10.5. The quantitative estimate of drug-likeness (QED) is 0.504. The van der Waals surface area contributed by atoms with Gasteiger partial charge in [0.05, 0.1) is 0 Å². The van der Waals surface area contributed by atoms with Crippen molar-refractivity contribution in [3.05, 3.63) is 57.7 Å². The fourth-order valence-electron chi connectivity index (χ4n) is 1.59. The van der Waals surface area contributed by atoms with Crippen molar-refractivity contribution in [3.63, 3.8) is 0 Å². The average Bonchev–Trinajstić information content (AvgIpc) is 2.39. The second-order valence-corrected chi connectivity index (χ2v) is 6.37. The molecule has 0 bridgehead atoms. The maximum atomic E-state index is 12.3. The molecule has 0 radical (unpaired) electrons. The van der Waals surface area contributed by atoms with Crippen molar-refractivity contribution in [2.24, 2.45) is 0 Å². The third-order valence-electron chi connectivity index (χ3n) is 2.65. The van der Waals surface area contributed by atoms with E-state index in [9.17, 15) is 4.79 Å². The van der Waals surface area contributed by atoms with E-state index in [0.717, 1.165) is 9.26 Å². The second-order valence-electron chi connectivity index (χ2n) is 3.92. The smallest absolute Gasteiger partial charge is 0.870 e. The fraction of sp³-hybridized carbons (Fsp3) is 0.0714. The molecule has 0 atom stereocenters. The second kappa shape index (κ2) is 9.90. The average molecular weight is 460 g/mol. The summed E-state index contributed by atoms with van der Waals surface area (Å²) in [6.45, 7) is 0. The molecule has 0 saturated carbocycles. The van der Waals surface area contributed by atoms with E-state index in [1.54, 1.807) is 11.9 Å². The first-order valence-corrected chi connectivity index (χ1v) is 7.56. The molecule has 21 heavy (non-hydrogen) atoms. The molecule has 7 heteroatoms. The van der Waals surface area contributed by atoms with Crippen molar-refractivity contribution in [3.8, 4) is 0 Å². The van der Waals surface area contributed by atoms with Crippen LogP contribution in [0.25, 0.3) is 0 Å². The van der Waals surface area contributed by atoms with Crippen LogP contribution in [0.15, 0.2) is 48.5 Å². The number of benzene rings is 2. The van der Waals surface area contributed by atoms with Gasteiger partial charge in [-0.1, -0.05) is 0 Å². The summed E-state index contributed by atoms with van der Waals surface area (Å²) in [7, 11) is 1.80. The monoisotopic (exact) mass is 461 g/mol. The summed E-state index contributed by atoms with van der Waals surface area (Å²) in [6.07, 6.45) is 0. The number of halogens is 1. The summed E-state index contributed by atoms with van der Waals surface area (Å²) in [4.78, 5) is 13.9. The van der Waals surface area contributed by atoms with Crippen molar-refractivity contribution < 1.29 is 21.2 Å². The number of carbonyl (C=O) groups excluding carboxylic acids is 1. The summed E-state index contributed by atoms with van der Waals surface area (Å²) in [5.74, 6) is 0.00949. The minimum Gasteiger partial charge on any atom is -0.870 e. The van der Waals surface area contributed by atoms with Gasteiger partial charge in [0, 0.05) is 0 Å². The summed E-state index contributed by atoms with van der Waals surface area (Å²) in [5, 5.41) is 0. The van der Waals surface area contributed by atoms with Crippen molar-refractivity contribution >= 4 is 55.1 Å². The summed E-state index contributed by atoms with van der Waals surface area (Å²) in [5.41, 5.74) is 1.61. The molecule has 0 saturated heterocycles. The maximum absolute atomic E-state index is 12.3. The zero-order valence-electron chi connectivity index (χ0n) is 11.2. The normalized spacial score (nSPS) is 8.76. The SMILES string of the molecule is CN(C(=O)c1ccc(I)cc1)c1cc[c]([Ge+3])cc1.[OH-].[OH-].[OH-]. The van der Waals surface area contributed by atoms with Crippen molar-refractivity contribution in [2.75, 3.05) is 11.9 Å². The fourth-order valence-corrected chi connectivity index (χ4v) is 2.30. The van der Waals surface area contributed by atoms with E-state index in [1.807, 2.05) is 65.0 Å². The van der Waals surface area contributed by atoms with E-state index in [-0.39, 0.29) is 22.3 Å². The van der Waals surface area contributed by atoms with E-state index in [1.165, 1.54) is 4.40 Å². The Morgan fingerprint density at radius 1 is 0.952 bits per heavy atom. The Hall–Kier alpha value is -0.937. The third kappa shape index (κ3) is 5.75. The molecule has 0 aliphatic heterocycles. The van der Waals surface area contributed by atoms with Crippen LogP contribution in [0.1, 0.15) is 10.4 Å². The molecule has 5 nitrogen and oxygen atoms in total. The first-order chi connectivity index (χ1) is 8.58. The number of carbonyl (C=O) groups is 1. The third-order valence-corrected chi connectivity index (χ3v) is 4.07. The molecular formula is C14H14GeINO4. The van der Waals surface area contributed by atoms with Gasteiger partial charge in [-0.2, -0.15) is 0 Å². The number of rotatable bonds is 2. The van der Waals surface area contributed by atoms with Crippen LogP contribution < -0.4 is 9.30 Å². The predicted octanol–water partition coefficient (Wildman–Crippen LogP) is 1.83. The van der Waals surface area contributed by atoms with Gasteiger partial charge in [-0.25, -0.2) is 0 Å². The van der Waals surface area contributed by atoms with Gasteiger partial charge in [0.1, 0.15) is 0 Å². The summed E-state index contributed by atoms with van der Waals surface area (Å²) in [6, 6.07) is 15.5. The Morgan fingerprint density at radius 3 is 1.90 bits per heavy atom. The van der Waals surface area contributed by atoms with Gasteiger partial charge in [0.2, 0.25) is 0 Å². The molecule has 0 aromatic heterocycles. The molecule has 1 amide bonds. The van der Waals surface area contributed by atoms with Gasteiger partial charge in [0.25, 0.3) is 0 Å². The first-order valence-electron chi connectivity index (χ1n) is 5.43. The molecular weight excluding hydrogens is 446 g/mol. The van der Waals surface area contributed by atoms with E-state index in [2.05, 4.69) is 22.6 Å². The van der Waals surface area contributed by atoms with E-state index < -0.39 is 0 Å².